The summed E-state index contributed by atoms with van der Waals surface area (Å²) in [6, 6.07) is 5.44. The Hall–Kier alpha value is -0.970. The third-order valence-corrected chi connectivity index (χ3v) is 3.89. The first-order valence-corrected chi connectivity index (χ1v) is 6.76. The van der Waals surface area contributed by atoms with Gasteiger partial charge in [0.15, 0.2) is 0 Å². The number of morpholine rings is 1. The smallest absolute Gasteiger partial charge is 0.126 e. The van der Waals surface area contributed by atoms with Gasteiger partial charge in [-0.15, -0.1) is 0 Å². The number of hydrogen-bond acceptors (Lipinski definition) is 3. The monoisotopic (exact) mass is 266 g/mol. The van der Waals surface area contributed by atoms with Gasteiger partial charge in [0.25, 0.3) is 0 Å². The van der Waals surface area contributed by atoms with Crippen molar-refractivity contribution < 1.29 is 9.13 Å². The van der Waals surface area contributed by atoms with Crippen LogP contribution in [0.25, 0.3) is 0 Å². The fraction of sp³-hybridized carbons (Fsp3) is 0.600. The van der Waals surface area contributed by atoms with E-state index in [0.29, 0.717) is 25.3 Å². The summed E-state index contributed by atoms with van der Waals surface area (Å²) in [5.74, 6) is -0.165. The molecule has 1 unspecified atom stereocenters. The molecule has 0 saturated carbocycles. The van der Waals surface area contributed by atoms with Crippen LogP contribution in [0.4, 0.5) is 4.39 Å². The van der Waals surface area contributed by atoms with Crippen LogP contribution in [0.15, 0.2) is 18.2 Å². The van der Waals surface area contributed by atoms with Gasteiger partial charge < -0.3 is 10.5 Å². The minimum absolute atomic E-state index is 0.0361. The maximum absolute atomic E-state index is 13.8. The molecule has 2 N–H and O–H groups in total. The van der Waals surface area contributed by atoms with E-state index < -0.39 is 0 Å². The van der Waals surface area contributed by atoms with Gasteiger partial charge in [-0.05, 0) is 38.0 Å². The van der Waals surface area contributed by atoms with Crippen LogP contribution in [0.1, 0.15) is 31.0 Å². The van der Waals surface area contributed by atoms with Crippen molar-refractivity contribution in [3.05, 3.63) is 35.1 Å². The molecule has 1 aromatic carbocycles. The highest BCUT2D eigenvalue weighted by Gasteiger charge is 2.35. The lowest BCUT2D eigenvalue weighted by Crippen LogP contribution is -2.55. The summed E-state index contributed by atoms with van der Waals surface area (Å²) in [4.78, 5) is 2.32. The molecule has 1 saturated heterocycles. The Labute approximate surface area is 114 Å². The van der Waals surface area contributed by atoms with Crippen LogP contribution in [0.5, 0.6) is 0 Å². The largest absolute Gasteiger partial charge is 0.378 e. The molecule has 1 atom stereocenters. The van der Waals surface area contributed by atoms with Gasteiger partial charge in [0, 0.05) is 24.7 Å². The average molecular weight is 266 g/mol. The molecule has 4 heteroatoms. The zero-order valence-corrected chi connectivity index (χ0v) is 11.9. The number of halogens is 1. The number of hydrogen-bond donors (Lipinski definition) is 1. The van der Waals surface area contributed by atoms with E-state index in [1.807, 2.05) is 12.1 Å². The van der Waals surface area contributed by atoms with Gasteiger partial charge in [-0.25, -0.2) is 4.39 Å². The quantitative estimate of drug-likeness (QED) is 0.912. The van der Waals surface area contributed by atoms with Crippen LogP contribution in [-0.2, 0) is 4.74 Å². The van der Waals surface area contributed by atoms with Crippen molar-refractivity contribution in [2.24, 2.45) is 5.73 Å². The zero-order valence-electron chi connectivity index (χ0n) is 11.9. The minimum Gasteiger partial charge on any atom is -0.378 e. The lowest BCUT2D eigenvalue weighted by molar-refractivity contribution is -0.0713. The summed E-state index contributed by atoms with van der Waals surface area (Å²) in [5, 5.41) is 0. The normalized spacial score (nSPS) is 21.3. The Balaban J connectivity index is 2.30. The highest BCUT2D eigenvalue weighted by Crippen LogP contribution is 2.30. The van der Waals surface area contributed by atoms with Crippen LogP contribution in [0.2, 0.25) is 0 Å². The fourth-order valence-corrected chi connectivity index (χ4v) is 2.71. The highest BCUT2D eigenvalue weighted by atomic mass is 19.1. The summed E-state index contributed by atoms with van der Waals surface area (Å²) in [7, 11) is 0. The fourth-order valence-electron chi connectivity index (χ4n) is 2.71. The first-order valence-electron chi connectivity index (χ1n) is 6.76. The summed E-state index contributed by atoms with van der Waals surface area (Å²) in [5.41, 5.74) is 7.47. The van der Waals surface area contributed by atoms with Crippen molar-refractivity contribution in [1.82, 2.24) is 4.90 Å². The van der Waals surface area contributed by atoms with E-state index in [1.165, 1.54) is 0 Å². The SMILES string of the molecule is Cc1ccc(C(CN)N2CCOCC2(C)C)cc1F. The molecule has 0 amide bonds. The topological polar surface area (TPSA) is 38.5 Å². The second kappa shape index (κ2) is 5.57. The number of aryl methyl sites for hydroxylation is 1. The van der Waals surface area contributed by atoms with Crippen LogP contribution in [-0.4, -0.2) is 36.7 Å². The molecule has 0 spiro atoms. The molecule has 3 nitrogen and oxygen atoms in total. The lowest BCUT2D eigenvalue weighted by atomic mass is 9.95. The summed E-state index contributed by atoms with van der Waals surface area (Å²) in [6.07, 6.45) is 0. The van der Waals surface area contributed by atoms with Crippen LogP contribution < -0.4 is 5.73 Å². The molecule has 0 aromatic heterocycles. The summed E-state index contributed by atoms with van der Waals surface area (Å²) < 4.78 is 19.3. The minimum atomic E-state index is -0.165. The molecule has 19 heavy (non-hydrogen) atoms. The maximum Gasteiger partial charge on any atom is 0.126 e. The number of nitrogens with zero attached hydrogens (tertiary/aromatic N) is 1. The summed E-state index contributed by atoms with van der Waals surface area (Å²) >= 11 is 0. The Kier molecular flexibility index (Phi) is 4.23. The standard InChI is InChI=1S/C15H23FN2O/c1-11-4-5-12(8-13(11)16)14(9-17)18-6-7-19-10-15(18,2)3/h4-5,8,14H,6-7,9-10,17H2,1-3H3. The first-order chi connectivity index (χ1) is 8.95. The molecule has 0 aliphatic carbocycles. The van der Waals surface area contributed by atoms with Crippen LogP contribution in [0, 0.1) is 12.7 Å². The van der Waals surface area contributed by atoms with Gasteiger partial charge in [0.05, 0.1) is 13.2 Å². The zero-order chi connectivity index (χ0) is 14.0. The first kappa shape index (κ1) is 14.4. The van der Waals surface area contributed by atoms with E-state index in [9.17, 15) is 4.39 Å². The van der Waals surface area contributed by atoms with Crippen LogP contribution >= 0.6 is 0 Å². The van der Waals surface area contributed by atoms with E-state index in [2.05, 4.69) is 18.7 Å². The Morgan fingerprint density at radius 3 is 2.79 bits per heavy atom. The van der Waals surface area contributed by atoms with E-state index >= 15 is 0 Å². The molecule has 1 fully saturated rings. The number of benzene rings is 1. The van der Waals surface area contributed by atoms with Gasteiger partial charge in [0.2, 0.25) is 0 Å². The molecular weight excluding hydrogens is 243 g/mol. The molecule has 1 aromatic rings. The third-order valence-electron chi connectivity index (χ3n) is 3.89. The van der Waals surface area contributed by atoms with Gasteiger partial charge in [-0.3, -0.25) is 4.90 Å². The highest BCUT2D eigenvalue weighted by molar-refractivity contribution is 5.26. The predicted molar refractivity (Wildman–Crippen MR) is 74.5 cm³/mol. The Bertz CT molecular complexity index is 448. The van der Waals surface area contributed by atoms with Crippen molar-refractivity contribution in [2.45, 2.75) is 32.4 Å². The lowest BCUT2D eigenvalue weighted by Gasteiger charge is -2.46. The molecule has 1 heterocycles. The predicted octanol–water partition coefficient (Wildman–Crippen LogP) is 2.24. The van der Waals surface area contributed by atoms with Crippen molar-refractivity contribution in [3.63, 3.8) is 0 Å². The molecular formula is C15H23FN2O. The van der Waals surface area contributed by atoms with Gasteiger partial charge >= 0.3 is 0 Å². The van der Waals surface area contributed by atoms with Crippen molar-refractivity contribution >= 4 is 0 Å². The Morgan fingerprint density at radius 2 is 2.21 bits per heavy atom. The number of ether oxygens (including phenoxy) is 1. The van der Waals surface area contributed by atoms with E-state index in [0.717, 1.165) is 12.1 Å². The van der Waals surface area contributed by atoms with Crippen LogP contribution in [0.3, 0.4) is 0 Å². The third kappa shape index (κ3) is 2.96. The molecule has 1 aliphatic heterocycles. The van der Waals surface area contributed by atoms with E-state index in [4.69, 9.17) is 10.5 Å². The molecule has 2 rings (SSSR count). The van der Waals surface area contributed by atoms with Crippen molar-refractivity contribution in [3.8, 4) is 0 Å². The maximum atomic E-state index is 13.8. The number of rotatable bonds is 3. The van der Waals surface area contributed by atoms with Gasteiger partial charge in [0.1, 0.15) is 5.82 Å². The summed E-state index contributed by atoms with van der Waals surface area (Å²) in [6.45, 7) is 8.73. The van der Waals surface area contributed by atoms with Crippen molar-refractivity contribution in [2.75, 3.05) is 26.3 Å². The average Bonchev–Trinajstić information content (AvgIpc) is 2.36. The second-order valence-corrected chi connectivity index (χ2v) is 5.82. The van der Waals surface area contributed by atoms with Gasteiger partial charge in [-0.1, -0.05) is 12.1 Å². The molecule has 0 radical (unpaired) electrons. The number of nitrogens with two attached hydrogens (primary N) is 1. The second-order valence-electron chi connectivity index (χ2n) is 5.82. The molecule has 1 aliphatic rings. The van der Waals surface area contributed by atoms with Crippen molar-refractivity contribution in [1.29, 1.82) is 0 Å². The molecule has 106 valence electrons. The molecule has 0 bridgehead atoms. The van der Waals surface area contributed by atoms with E-state index in [-0.39, 0.29) is 17.4 Å². The Morgan fingerprint density at radius 1 is 1.47 bits per heavy atom. The van der Waals surface area contributed by atoms with E-state index in [1.54, 1.807) is 13.0 Å². The van der Waals surface area contributed by atoms with Gasteiger partial charge in [-0.2, -0.15) is 0 Å².